The van der Waals surface area contributed by atoms with Gasteiger partial charge in [-0.25, -0.2) is 0 Å². The monoisotopic (exact) mass is 348 g/mol. The highest BCUT2D eigenvalue weighted by Crippen LogP contribution is 2.20. The molecular weight excluding hydrogens is 340 g/mol. The van der Waals surface area contributed by atoms with Gasteiger partial charge in [-0.15, -0.1) is 0 Å². The zero-order chi connectivity index (χ0) is 14.5. The summed E-state index contributed by atoms with van der Waals surface area (Å²) >= 11 is 9.20. The van der Waals surface area contributed by atoms with Gasteiger partial charge in [-0.1, -0.05) is 39.7 Å². The standard InChI is InChI=1S/C15H10BrClN2O/c16-8-10-1-3-11(4-2-10)15(20)19-13-5-6-14(17)12(7-13)9-18/h1-7H,8H2,(H,19,20). The number of alkyl halides is 1. The third-order valence-corrected chi connectivity index (χ3v) is 3.69. The first-order chi connectivity index (χ1) is 9.63. The van der Waals surface area contributed by atoms with Crippen LogP contribution >= 0.6 is 27.5 Å². The predicted octanol–water partition coefficient (Wildman–Crippen LogP) is 4.36. The number of halogens is 2. The molecule has 0 spiro atoms. The molecule has 2 rings (SSSR count). The van der Waals surface area contributed by atoms with Crippen LogP contribution in [0.2, 0.25) is 5.02 Å². The van der Waals surface area contributed by atoms with Crippen LogP contribution in [-0.4, -0.2) is 5.91 Å². The molecule has 0 unspecified atom stereocenters. The van der Waals surface area contributed by atoms with E-state index in [2.05, 4.69) is 21.2 Å². The van der Waals surface area contributed by atoms with Gasteiger partial charge in [0.05, 0.1) is 10.6 Å². The maximum Gasteiger partial charge on any atom is 0.255 e. The molecule has 0 radical (unpaired) electrons. The van der Waals surface area contributed by atoms with Gasteiger partial charge in [0, 0.05) is 16.6 Å². The molecular formula is C15H10BrClN2O. The highest BCUT2D eigenvalue weighted by molar-refractivity contribution is 9.08. The van der Waals surface area contributed by atoms with E-state index in [9.17, 15) is 4.79 Å². The Bertz CT molecular complexity index is 677. The molecule has 0 aliphatic rings. The van der Waals surface area contributed by atoms with Crippen LogP contribution in [-0.2, 0) is 5.33 Å². The van der Waals surface area contributed by atoms with Gasteiger partial charge in [-0.3, -0.25) is 4.79 Å². The Hall–Kier alpha value is -1.83. The Balaban J connectivity index is 2.17. The van der Waals surface area contributed by atoms with E-state index in [4.69, 9.17) is 16.9 Å². The number of carbonyl (C=O) groups is 1. The van der Waals surface area contributed by atoms with Crippen molar-refractivity contribution in [2.45, 2.75) is 5.33 Å². The number of carbonyl (C=O) groups excluding carboxylic acids is 1. The van der Waals surface area contributed by atoms with Crippen molar-refractivity contribution in [2.75, 3.05) is 5.32 Å². The molecule has 2 aromatic rings. The van der Waals surface area contributed by atoms with Gasteiger partial charge in [-0.05, 0) is 35.9 Å². The van der Waals surface area contributed by atoms with Gasteiger partial charge in [0.15, 0.2) is 0 Å². The first-order valence-electron chi connectivity index (χ1n) is 5.80. The van der Waals surface area contributed by atoms with Crippen LogP contribution in [0.3, 0.4) is 0 Å². The lowest BCUT2D eigenvalue weighted by molar-refractivity contribution is 0.102. The van der Waals surface area contributed by atoms with E-state index >= 15 is 0 Å². The molecule has 1 amide bonds. The molecule has 0 heterocycles. The highest BCUT2D eigenvalue weighted by Gasteiger charge is 2.07. The number of nitriles is 1. The fourth-order valence-corrected chi connectivity index (χ4v) is 2.17. The number of nitrogens with one attached hydrogen (secondary N) is 1. The third kappa shape index (κ3) is 3.38. The summed E-state index contributed by atoms with van der Waals surface area (Å²) in [5.41, 5.74) is 2.53. The van der Waals surface area contributed by atoms with Gasteiger partial charge in [0.1, 0.15) is 6.07 Å². The number of amides is 1. The number of rotatable bonds is 3. The smallest absolute Gasteiger partial charge is 0.255 e. The molecule has 1 N–H and O–H groups in total. The van der Waals surface area contributed by atoms with Crippen molar-refractivity contribution in [3.05, 3.63) is 64.2 Å². The van der Waals surface area contributed by atoms with E-state index < -0.39 is 0 Å². The average Bonchev–Trinajstić information content (AvgIpc) is 2.49. The lowest BCUT2D eigenvalue weighted by atomic mass is 10.1. The summed E-state index contributed by atoms with van der Waals surface area (Å²) in [7, 11) is 0. The molecule has 0 aliphatic carbocycles. The van der Waals surface area contributed by atoms with Crippen molar-refractivity contribution < 1.29 is 4.79 Å². The van der Waals surface area contributed by atoms with Crippen molar-refractivity contribution in [3.8, 4) is 6.07 Å². The van der Waals surface area contributed by atoms with Crippen molar-refractivity contribution in [1.82, 2.24) is 0 Å². The number of benzene rings is 2. The first-order valence-corrected chi connectivity index (χ1v) is 7.30. The van der Waals surface area contributed by atoms with Crippen LogP contribution in [0.15, 0.2) is 42.5 Å². The average molecular weight is 350 g/mol. The molecule has 0 aliphatic heterocycles. The van der Waals surface area contributed by atoms with E-state index in [0.29, 0.717) is 21.8 Å². The van der Waals surface area contributed by atoms with E-state index in [1.54, 1.807) is 30.3 Å². The lowest BCUT2D eigenvalue weighted by Gasteiger charge is -2.06. The van der Waals surface area contributed by atoms with Gasteiger partial charge in [-0.2, -0.15) is 5.26 Å². The van der Waals surface area contributed by atoms with Crippen LogP contribution < -0.4 is 5.32 Å². The maximum absolute atomic E-state index is 12.1. The molecule has 0 bridgehead atoms. The minimum absolute atomic E-state index is 0.225. The maximum atomic E-state index is 12.1. The van der Waals surface area contributed by atoms with Crippen molar-refractivity contribution >= 4 is 39.1 Å². The highest BCUT2D eigenvalue weighted by atomic mass is 79.9. The minimum Gasteiger partial charge on any atom is -0.322 e. The zero-order valence-electron chi connectivity index (χ0n) is 10.4. The molecule has 0 saturated carbocycles. The minimum atomic E-state index is -0.225. The fraction of sp³-hybridized carbons (Fsp3) is 0.0667. The van der Waals surface area contributed by atoms with E-state index in [1.165, 1.54) is 0 Å². The molecule has 0 saturated heterocycles. The summed E-state index contributed by atoms with van der Waals surface area (Å²) in [5, 5.41) is 12.8. The predicted molar refractivity (Wildman–Crippen MR) is 83.2 cm³/mol. The van der Waals surface area contributed by atoms with Crippen molar-refractivity contribution in [1.29, 1.82) is 5.26 Å². The Labute approximate surface area is 130 Å². The third-order valence-electron chi connectivity index (χ3n) is 2.72. The summed E-state index contributed by atoms with van der Waals surface area (Å²) in [6.45, 7) is 0. The second kappa shape index (κ2) is 6.56. The van der Waals surface area contributed by atoms with E-state index in [-0.39, 0.29) is 5.91 Å². The van der Waals surface area contributed by atoms with Gasteiger partial charge in [0.2, 0.25) is 0 Å². The van der Waals surface area contributed by atoms with E-state index in [1.807, 2.05) is 18.2 Å². The largest absolute Gasteiger partial charge is 0.322 e. The van der Waals surface area contributed by atoms with Gasteiger partial charge in [0.25, 0.3) is 5.91 Å². The fourth-order valence-electron chi connectivity index (χ4n) is 1.64. The number of hydrogen-bond donors (Lipinski definition) is 1. The van der Waals surface area contributed by atoms with Crippen molar-refractivity contribution in [3.63, 3.8) is 0 Å². The molecule has 3 nitrogen and oxygen atoms in total. The molecule has 5 heteroatoms. The van der Waals surface area contributed by atoms with Gasteiger partial charge < -0.3 is 5.32 Å². The SMILES string of the molecule is N#Cc1cc(NC(=O)c2ccc(CBr)cc2)ccc1Cl. The number of nitrogens with zero attached hydrogens (tertiary/aromatic N) is 1. The lowest BCUT2D eigenvalue weighted by Crippen LogP contribution is -2.11. The van der Waals surface area contributed by atoms with Gasteiger partial charge >= 0.3 is 0 Å². The van der Waals surface area contributed by atoms with Crippen LogP contribution in [0.1, 0.15) is 21.5 Å². The Morgan fingerprint density at radius 3 is 2.55 bits per heavy atom. The summed E-state index contributed by atoms with van der Waals surface area (Å²) in [5.74, 6) is -0.225. The zero-order valence-corrected chi connectivity index (χ0v) is 12.7. The molecule has 0 atom stereocenters. The van der Waals surface area contributed by atoms with Crippen molar-refractivity contribution in [2.24, 2.45) is 0 Å². The summed E-state index contributed by atoms with van der Waals surface area (Å²) < 4.78 is 0. The topological polar surface area (TPSA) is 52.9 Å². The molecule has 2 aromatic carbocycles. The Kier molecular flexibility index (Phi) is 4.78. The number of hydrogen-bond acceptors (Lipinski definition) is 2. The Morgan fingerprint density at radius 1 is 1.25 bits per heavy atom. The first kappa shape index (κ1) is 14.6. The summed E-state index contributed by atoms with van der Waals surface area (Å²) in [6.07, 6.45) is 0. The molecule has 20 heavy (non-hydrogen) atoms. The molecule has 0 fully saturated rings. The second-order valence-electron chi connectivity index (χ2n) is 4.09. The van der Waals surface area contributed by atoms with E-state index in [0.717, 1.165) is 10.9 Å². The molecule has 100 valence electrons. The van der Waals surface area contributed by atoms with Crippen LogP contribution in [0.4, 0.5) is 5.69 Å². The Morgan fingerprint density at radius 2 is 1.95 bits per heavy atom. The quantitative estimate of drug-likeness (QED) is 0.837. The van der Waals surface area contributed by atoms with Crippen LogP contribution in [0, 0.1) is 11.3 Å². The number of anilines is 1. The van der Waals surface area contributed by atoms with Crippen LogP contribution in [0.25, 0.3) is 0 Å². The van der Waals surface area contributed by atoms with Crippen LogP contribution in [0.5, 0.6) is 0 Å². The molecule has 0 aromatic heterocycles. The summed E-state index contributed by atoms with van der Waals surface area (Å²) in [4.78, 5) is 12.1. The second-order valence-corrected chi connectivity index (χ2v) is 5.06. The normalized spacial score (nSPS) is 9.85. The summed E-state index contributed by atoms with van der Waals surface area (Å²) in [6, 6.07) is 14.0.